The topological polar surface area (TPSA) is 15.7 Å². The molecule has 2 aliphatic heterocycles. The number of morpholine rings is 1. The van der Waals surface area contributed by atoms with Gasteiger partial charge in [-0.25, -0.2) is 4.31 Å². The fraction of sp³-hybridized carbons (Fsp3) is 0.889. The fourth-order valence-corrected chi connectivity index (χ4v) is 3.06. The number of likely N-dealkylation sites (tertiary alicyclic amines) is 1. The van der Waals surface area contributed by atoms with Gasteiger partial charge >= 0.3 is 0 Å². The summed E-state index contributed by atoms with van der Waals surface area (Å²) in [5.41, 5.74) is 0. The summed E-state index contributed by atoms with van der Waals surface area (Å²) < 4.78 is 8.65. The predicted octanol–water partition coefficient (Wildman–Crippen LogP) is 1.35. The summed E-state index contributed by atoms with van der Waals surface area (Å²) in [5.74, 6) is 0. The zero-order chi connectivity index (χ0) is 9.80. The van der Waals surface area contributed by atoms with Crippen molar-refractivity contribution in [3.05, 3.63) is 0 Å². The van der Waals surface area contributed by atoms with Crippen LogP contribution in [-0.4, -0.2) is 52.9 Å². The molecule has 2 aliphatic rings. The first-order chi connectivity index (χ1) is 6.86. The molecule has 0 N–H and O–H groups in total. The van der Waals surface area contributed by atoms with Gasteiger partial charge in [0, 0.05) is 26.2 Å². The van der Waals surface area contributed by atoms with Gasteiger partial charge in [-0.1, -0.05) is 12.2 Å². The zero-order valence-electron chi connectivity index (χ0n) is 8.28. The third kappa shape index (κ3) is 2.82. The third-order valence-electron chi connectivity index (χ3n) is 2.54. The standard InChI is InChI=1S/C9H16N2OS2/c13-9(10-3-1-2-4-10)14-11-5-7-12-8-6-11/h1-8H2. The zero-order valence-corrected chi connectivity index (χ0v) is 9.91. The maximum Gasteiger partial charge on any atom is 0.151 e. The molecule has 0 amide bonds. The van der Waals surface area contributed by atoms with Gasteiger partial charge in [-0.05, 0) is 24.8 Å². The largest absolute Gasteiger partial charge is 0.379 e. The highest BCUT2D eigenvalue weighted by Crippen LogP contribution is 2.20. The van der Waals surface area contributed by atoms with Crippen molar-refractivity contribution >= 4 is 28.5 Å². The smallest absolute Gasteiger partial charge is 0.151 e. The molecule has 2 rings (SSSR count). The number of hydrogen-bond donors (Lipinski definition) is 0. The molecular formula is C9H16N2OS2. The van der Waals surface area contributed by atoms with Crippen molar-refractivity contribution in [2.75, 3.05) is 39.4 Å². The summed E-state index contributed by atoms with van der Waals surface area (Å²) in [6.07, 6.45) is 2.59. The van der Waals surface area contributed by atoms with E-state index in [2.05, 4.69) is 9.21 Å². The Morgan fingerprint density at radius 2 is 1.71 bits per heavy atom. The maximum atomic E-state index is 5.40. The van der Waals surface area contributed by atoms with Crippen LogP contribution in [0.3, 0.4) is 0 Å². The van der Waals surface area contributed by atoms with Gasteiger partial charge in [0.15, 0.2) is 4.32 Å². The Labute approximate surface area is 94.9 Å². The highest BCUT2D eigenvalue weighted by atomic mass is 32.2. The summed E-state index contributed by atoms with van der Waals surface area (Å²) in [4.78, 5) is 2.31. The predicted molar refractivity (Wildman–Crippen MR) is 63.4 cm³/mol. The van der Waals surface area contributed by atoms with Crippen LogP contribution in [0.1, 0.15) is 12.8 Å². The van der Waals surface area contributed by atoms with Crippen LogP contribution in [0.4, 0.5) is 0 Å². The Kier molecular flexibility index (Phi) is 4.04. The van der Waals surface area contributed by atoms with Crippen LogP contribution < -0.4 is 0 Å². The van der Waals surface area contributed by atoms with E-state index in [9.17, 15) is 0 Å². The van der Waals surface area contributed by atoms with Crippen molar-refractivity contribution in [3.63, 3.8) is 0 Å². The lowest BCUT2D eigenvalue weighted by molar-refractivity contribution is 0.0777. The molecule has 0 radical (unpaired) electrons. The van der Waals surface area contributed by atoms with E-state index in [0.717, 1.165) is 43.7 Å². The summed E-state index contributed by atoms with van der Waals surface area (Å²) >= 11 is 7.13. The molecule has 3 nitrogen and oxygen atoms in total. The highest BCUT2D eigenvalue weighted by Gasteiger charge is 2.19. The molecule has 5 heteroatoms. The van der Waals surface area contributed by atoms with Crippen molar-refractivity contribution < 1.29 is 4.74 Å². The summed E-state index contributed by atoms with van der Waals surface area (Å²) in [5, 5.41) is 0. The van der Waals surface area contributed by atoms with Gasteiger partial charge in [-0.15, -0.1) is 0 Å². The van der Waals surface area contributed by atoms with Crippen LogP contribution in [0, 0.1) is 0 Å². The molecule has 0 aromatic carbocycles. The van der Waals surface area contributed by atoms with Gasteiger partial charge in [-0.2, -0.15) is 0 Å². The van der Waals surface area contributed by atoms with Crippen LogP contribution in [-0.2, 0) is 4.74 Å². The average molecular weight is 232 g/mol. The second kappa shape index (κ2) is 5.30. The second-order valence-corrected chi connectivity index (χ2v) is 5.32. The van der Waals surface area contributed by atoms with Crippen molar-refractivity contribution in [2.24, 2.45) is 0 Å². The van der Waals surface area contributed by atoms with Gasteiger partial charge in [0.2, 0.25) is 0 Å². The van der Waals surface area contributed by atoms with Crippen molar-refractivity contribution in [3.8, 4) is 0 Å². The van der Waals surface area contributed by atoms with Gasteiger partial charge in [0.05, 0.1) is 13.2 Å². The second-order valence-electron chi connectivity index (χ2n) is 3.59. The lowest BCUT2D eigenvalue weighted by atomic mass is 10.4. The van der Waals surface area contributed by atoms with E-state index in [1.165, 1.54) is 12.8 Å². The normalized spacial score (nSPS) is 24.1. The lowest BCUT2D eigenvalue weighted by Gasteiger charge is -2.28. The molecule has 0 aromatic rings. The van der Waals surface area contributed by atoms with Crippen molar-refractivity contribution in [2.45, 2.75) is 12.8 Å². The molecular weight excluding hydrogens is 216 g/mol. The Balaban J connectivity index is 1.75. The summed E-state index contributed by atoms with van der Waals surface area (Å²) in [6, 6.07) is 0. The van der Waals surface area contributed by atoms with E-state index in [0.29, 0.717) is 0 Å². The van der Waals surface area contributed by atoms with E-state index in [1.807, 2.05) is 0 Å². The summed E-state index contributed by atoms with van der Waals surface area (Å²) in [6.45, 7) is 5.98. The number of rotatable bonds is 1. The van der Waals surface area contributed by atoms with Crippen LogP contribution in [0.15, 0.2) is 0 Å². The average Bonchev–Trinajstić information content (AvgIpc) is 2.72. The molecule has 0 spiro atoms. The first-order valence-electron chi connectivity index (χ1n) is 5.16. The molecule has 2 saturated heterocycles. The minimum atomic E-state index is 0.843. The van der Waals surface area contributed by atoms with Crippen LogP contribution >= 0.6 is 24.2 Å². The maximum absolute atomic E-state index is 5.40. The minimum Gasteiger partial charge on any atom is -0.379 e. The van der Waals surface area contributed by atoms with E-state index < -0.39 is 0 Å². The van der Waals surface area contributed by atoms with E-state index in [1.54, 1.807) is 11.9 Å². The Morgan fingerprint density at radius 1 is 1.07 bits per heavy atom. The van der Waals surface area contributed by atoms with E-state index in [4.69, 9.17) is 17.0 Å². The highest BCUT2D eigenvalue weighted by molar-refractivity contribution is 8.21. The molecule has 2 heterocycles. The van der Waals surface area contributed by atoms with Gasteiger partial charge in [0.25, 0.3) is 0 Å². The van der Waals surface area contributed by atoms with E-state index >= 15 is 0 Å². The molecule has 0 aromatic heterocycles. The van der Waals surface area contributed by atoms with Crippen LogP contribution in [0.2, 0.25) is 0 Å². The van der Waals surface area contributed by atoms with Crippen molar-refractivity contribution in [1.29, 1.82) is 0 Å². The Hall–Kier alpha value is 0.160. The Morgan fingerprint density at radius 3 is 2.36 bits per heavy atom. The first-order valence-corrected chi connectivity index (χ1v) is 6.34. The van der Waals surface area contributed by atoms with Crippen LogP contribution in [0.25, 0.3) is 0 Å². The van der Waals surface area contributed by atoms with Crippen LogP contribution in [0.5, 0.6) is 0 Å². The third-order valence-corrected chi connectivity index (χ3v) is 4.06. The number of ether oxygens (including phenoxy) is 1. The molecule has 0 atom stereocenters. The molecule has 80 valence electrons. The minimum absolute atomic E-state index is 0.843. The number of nitrogens with zero attached hydrogens (tertiary/aromatic N) is 2. The lowest BCUT2D eigenvalue weighted by Crippen LogP contribution is -2.35. The SMILES string of the molecule is S=C(SN1CCOCC1)N1CCCC1. The fourth-order valence-electron chi connectivity index (χ4n) is 1.71. The monoisotopic (exact) mass is 232 g/mol. The van der Waals surface area contributed by atoms with Crippen molar-refractivity contribution in [1.82, 2.24) is 9.21 Å². The molecule has 14 heavy (non-hydrogen) atoms. The number of thiocarbonyl (C=S) groups is 1. The Bertz CT molecular complexity index is 201. The first kappa shape index (κ1) is 10.7. The molecule has 0 saturated carbocycles. The van der Waals surface area contributed by atoms with E-state index in [-0.39, 0.29) is 0 Å². The number of hydrogen-bond acceptors (Lipinski definition) is 4. The van der Waals surface area contributed by atoms with Gasteiger partial charge < -0.3 is 9.64 Å². The molecule has 0 bridgehead atoms. The molecule has 0 aliphatic carbocycles. The summed E-state index contributed by atoms with van der Waals surface area (Å²) in [7, 11) is 0. The van der Waals surface area contributed by atoms with Gasteiger partial charge in [0.1, 0.15) is 0 Å². The molecule has 2 fully saturated rings. The van der Waals surface area contributed by atoms with Gasteiger partial charge in [-0.3, -0.25) is 0 Å². The quantitative estimate of drug-likeness (QED) is 0.499. The molecule has 0 unspecified atom stereocenters.